The Morgan fingerprint density at radius 2 is 2.10 bits per heavy atom. The van der Waals surface area contributed by atoms with Gasteiger partial charge < -0.3 is 10.7 Å². The first-order chi connectivity index (χ1) is 9.43. The zero-order valence-electron chi connectivity index (χ0n) is 10.7. The van der Waals surface area contributed by atoms with Gasteiger partial charge in [-0.05, 0) is 25.0 Å². The lowest BCUT2D eigenvalue weighted by molar-refractivity contribution is -0.137. The molecule has 1 aliphatic carbocycles. The number of alkyl halides is 3. The fourth-order valence-electron chi connectivity index (χ4n) is 2.49. The molecule has 0 saturated carbocycles. The molecule has 1 aromatic heterocycles. The van der Waals surface area contributed by atoms with E-state index in [1.54, 1.807) is 6.07 Å². The second-order valence-electron chi connectivity index (χ2n) is 5.09. The van der Waals surface area contributed by atoms with Gasteiger partial charge in [0, 0.05) is 23.7 Å². The molecule has 1 unspecified atom stereocenters. The first-order valence-corrected chi connectivity index (χ1v) is 6.44. The number of aromatic amines is 1. The van der Waals surface area contributed by atoms with Crippen LogP contribution in [0.15, 0.2) is 24.3 Å². The third-order valence-corrected chi connectivity index (χ3v) is 3.55. The predicted octanol–water partition coefficient (Wildman–Crippen LogP) is 2.91. The molecule has 0 amide bonds. The molecule has 20 heavy (non-hydrogen) atoms. The third kappa shape index (κ3) is 2.43. The van der Waals surface area contributed by atoms with Gasteiger partial charge in [-0.25, -0.2) is 4.98 Å². The normalized spacial score (nSPS) is 18.9. The zero-order chi connectivity index (χ0) is 14.3. The van der Waals surface area contributed by atoms with Crippen molar-refractivity contribution in [2.24, 2.45) is 5.73 Å². The number of hydrogen-bond acceptors (Lipinski definition) is 2. The molecule has 6 heteroatoms. The molecular formula is C14H14F3N3. The highest BCUT2D eigenvalue weighted by Crippen LogP contribution is 2.32. The molecule has 3 N–H and O–H groups in total. The number of halogens is 3. The summed E-state index contributed by atoms with van der Waals surface area (Å²) in [5.74, 6) is 0.482. The van der Waals surface area contributed by atoms with Gasteiger partial charge in [0.1, 0.15) is 5.82 Å². The van der Waals surface area contributed by atoms with Crippen molar-refractivity contribution in [2.75, 3.05) is 0 Å². The van der Waals surface area contributed by atoms with Gasteiger partial charge >= 0.3 is 6.18 Å². The van der Waals surface area contributed by atoms with Crippen LogP contribution in [0.25, 0.3) is 11.4 Å². The average molecular weight is 281 g/mol. The molecule has 0 saturated heterocycles. The molecule has 2 aromatic rings. The Kier molecular flexibility index (Phi) is 3.05. The molecule has 0 aliphatic heterocycles. The van der Waals surface area contributed by atoms with E-state index in [-0.39, 0.29) is 6.04 Å². The van der Waals surface area contributed by atoms with Crippen molar-refractivity contribution in [3.8, 4) is 11.4 Å². The van der Waals surface area contributed by atoms with Gasteiger partial charge in [0.15, 0.2) is 0 Å². The number of nitrogens with zero attached hydrogens (tertiary/aromatic N) is 1. The molecule has 0 bridgehead atoms. The number of nitrogens with one attached hydrogen (secondary N) is 1. The number of aromatic nitrogens is 2. The molecule has 0 fully saturated rings. The number of benzene rings is 1. The molecule has 106 valence electrons. The SMILES string of the molecule is NC1CCc2nc(-c3cccc(C(F)(F)F)c3)[nH]c2C1. The van der Waals surface area contributed by atoms with Gasteiger partial charge in [0.25, 0.3) is 0 Å². The summed E-state index contributed by atoms with van der Waals surface area (Å²) in [6.07, 6.45) is -2.02. The van der Waals surface area contributed by atoms with Crippen molar-refractivity contribution in [2.45, 2.75) is 31.5 Å². The number of aryl methyl sites for hydroxylation is 1. The van der Waals surface area contributed by atoms with Crippen LogP contribution in [0.2, 0.25) is 0 Å². The van der Waals surface area contributed by atoms with Crippen LogP contribution >= 0.6 is 0 Å². The van der Waals surface area contributed by atoms with Gasteiger partial charge in [-0.15, -0.1) is 0 Å². The van der Waals surface area contributed by atoms with Crippen LogP contribution in [-0.4, -0.2) is 16.0 Å². The Bertz CT molecular complexity index is 631. The summed E-state index contributed by atoms with van der Waals surface area (Å²) in [6, 6.07) is 5.29. The van der Waals surface area contributed by atoms with Crippen LogP contribution in [0.3, 0.4) is 0 Å². The van der Waals surface area contributed by atoms with Crippen LogP contribution < -0.4 is 5.73 Å². The maximum Gasteiger partial charge on any atom is 0.416 e. The van der Waals surface area contributed by atoms with E-state index >= 15 is 0 Å². The number of fused-ring (bicyclic) bond motifs is 1. The minimum absolute atomic E-state index is 0.0947. The van der Waals surface area contributed by atoms with Crippen LogP contribution in [0.5, 0.6) is 0 Å². The van der Waals surface area contributed by atoms with Crippen molar-refractivity contribution >= 4 is 0 Å². The zero-order valence-corrected chi connectivity index (χ0v) is 10.7. The lowest BCUT2D eigenvalue weighted by atomic mass is 9.97. The highest BCUT2D eigenvalue weighted by Gasteiger charge is 2.30. The lowest BCUT2D eigenvalue weighted by Crippen LogP contribution is -2.27. The number of H-pyrrole nitrogens is 1. The average Bonchev–Trinajstić information content (AvgIpc) is 2.81. The summed E-state index contributed by atoms with van der Waals surface area (Å²) in [6.45, 7) is 0. The summed E-state index contributed by atoms with van der Waals surface area (Å²) >= 11 is 0. The van der Waals surface area contributed by atoms with Crippen LogP contribution in [0, 0.1) is 0 Å². The number of imidazole rings is 1. The number of hydrogen-bond donors (Lipinski definition) is 2. The van der Waals surface area contributed by atoms with E-state index in [4.69, 9.17) is 5.73 Å². The van der Waals surface area contributed by atoms with Gasteiger partial charge in [0.2, 0.25) is 0 Å². The largest absolute Gasteiger partial charge is 0.416 e. The Morgan fingerprint density at radius 3 is 2.85 bits per heavy atom. The summed E-state index contributed by atoms with van der Waals surface area (Å²) in [5, 5.41) is 0. The third-order valence-electron chi connectivity index (χ3n) is 3.55. The highest BCUT2D eigenvalue weighted by molar-refractivity contribution is 5.57. The molecule has 1 heterocycles. The van der Waals surface area contributed by atoms with E-state index in [0.717, 1.165) is 36.4 Å². The van der Waals surface area contributed by atoms with E-state index in [9.17, 15) is 13.2 Å². The van der Waals surface area contributed by atoms with Gasteiger partial charge in [-0.1, -0.05) is 12.1 Å². The van der Waals surface area contributed by atoms with Crippen LogP contribution in [0.1, 0.15) is 23.4 Å². The van der Waals surface area contributed by atoms with Crippen molar-refractivity contribution in [1.82, 2.24) is 9.97 Å². The summed E-state index contributed by atoms with van der Waals surface area (Å²) < 4.78 is 38.1. The summed E-state index contributed by atoms with van der Waals surface area (Å²) in [7, 11) is 0. The molecule has 3 rings (SSSR count). The maximum absolute atomic E-state index is 12.7. The second-order valence-corrected chi connectivity index (χ2v) is 5.09. The van der Waals surface area contributed by atoms with Crippen molar-refractivity contribution < 1.29 is 13.2 Å². The van der Waals surface area contributed by atoms with E-state index < -0.39 is 11.7 Å². The molecule has 1 aromatic carbocycles. The lowest BCUT2D eigenvalue weighted by Gasteiger charge is -2.15. The first-order valence-electron chi connectivity index (χ1n) is 6.44. The fraction of sp³-hybridized carbons (Fsp3) is 0.357. The molecule has 0 spiro atoms. The number of nitrogens with two attached hydrogens (primary N) is 1. The van der Waals surface area contributed by atoms with Crippen molar-refractivity contribution in [3.05, 3.63) is 41.2 Å². The van der Waals surface area contributed by atoms with E-state index in [1.165, 1.54) is 6.07 Å². The minimum Gasteiger partial charge on any atom is -0.342 e. The van der Waals surface area contributed by atoms with Crippen LogP contribution in [0.4, 0.5) is 13.2 Å². The smallest absolute Gasteiger partial charge is 0.342 e. The molecule has 1 atom stereocenters. The van der Waals surface area contributed by atoms with Crippen molar-refractivity contribution in [1.29, 1.82) is 0 Å². The molecule has 0 radical (unpaired) electrons. The second kappa shape index (κ2) is 4.63. The summed E-state index contributed by atoms with van der Waals surface area (Å²) in [5.41, 5.74) is 7.52. The van der Waals surface area contributed by atoms with E-state index in [1.807, 2.05) is 0 Å². The van der Waals surface area contributed by atoms with Gasteiger partial charge in [0.05, 0.1) is 11.3 Å². The van der Waals surface area contributed by atoms with E-state index in [0.29, 0.717) is 17.8 Å². The topological polar surface area (TPSA) is 54.7 Å². The van der Waals surface area contributed by atoms with Gasteiger partial charge in [-0.3, -0.25) is 0 Å². The Balaban J connectivity index is 1.98. The van der Waals surface area contributed by atoms with Gasteiger partial charge in [-0.2, -0.15) is 13.2 Å². The maximum atomic E-state index is 12.7. The predicted molar refractivity (Wildman–Crippen MR) is 69.0 cm³/mol. The first kappa shape index (κ1) is 13.2. The highest BCUT2D eigenvalue weighted by atomic mass is 19.4. The molecule has 1 aliphatic rings. The summed E-state index contributed by atoms with van der Waals surface area (Å²) in [4.78, 5) is 7.50. The fourth-order valence-corrected chi connectivity index (χ4v) is 2.49. The molecule has 3 nitrogen and oxygen atoms in total. The van der Waals surface area contributed by atoms with Crippen molar-refractivity contribution in [3.63, 3.8) is 0 Å². The Hall–Kier alpha value is -1.82. The Morgan fingerprint density at radius 1 is 1.30 bits per heavy atom. The standard InChI is InChI=1S/C14H14F3N3/c15-14(16,17)9-3-1-2-8(6-9)13-19-11-5-4-10(18)7-12(11)20-13/h1-3,6,10H,4-5,7,18H2,(H,19,20). The number of rotatable bonds is 1. The quantitative estimate of drug-likeness (QED) is 0.844. The van der Waals surface area contributed by atoms with E-state index in [2.05, 4.69) is 9.97 Å². The molecular weight excluding hydrogens is 267 g/mol. The monoisotopic (exact) mass is 281 g/mol. The van der Waals surface area contributed by atoms with Crippen LogP contribution in [-0.2, 0) is 19.0 Å². The minimum atomic E-state index is -4.34. The Labute approximate surface area is 114 Å².